The van der Waals surface area contributed by atoms with Crippen LogP contribution >= 0.6 is 11.6 Å². The van der Waals surface area contributed by atoms with Crippen molar-refractivity contribution in [2.45, 2.75) is 43.3 Å². The lowest BCUT2D eigenvalue weighted by atomic mass is 9.78. The Morgan fingerprint density at radius 1 is 1.12 bits per heavy atom. The Labute approximate surface area is 151 Å². The molecular formula is C16H26ClF3N4O. The predicted octanol–water partition coefficient (Wildman–Crippen LogP) is 1.58. The predicted molar refractivity (Wildman–Crippen MR) is 89.1 cm³/mol. The quantitative estimate of drug-likeness (QED) is 0.728. The molecule has 3 rings (SSSR count). The zero-order valence-electron chi connectivity index (χ0n) is 14.2. The molecule has 144 valence electrons. The molecule has 1 saturated carbocycles. The van der Waals surface area contributed by atoms with Crippen molar-refractivity contribution in [2.24, 2.45) is 11.8 Å². The van der Waals surface area contributed by atoms with E-state index < -0.39 is 12.1 Å². The van der Waals surface area contributed by atoms with Gasteiger partial charge in [0.15, 0.2) is 0 Å². The first-order valence-corrected chi connectivity index (χ1v) is 9.50. The molecule has 2 aliphatic heterocycles. The molecule has 0 aromatic rings. The van der Waals surface area contributed by atoms with Crippen LogP contribution in [-0.2, 0) is 4.79 Å². The Kier molecular flexibility index (Phi) is 6.13. The molecule has 9 heteroatoms. The number of alkyl halides is 4. The summed E-state index contributed by atoms with van der Waals surface area (Å²) in [6.45, 7) is 3.69. The van der Waals surface area contributed by atoms with Gasteiger partial charge in [-0.15, -0.1) is 11.6 Å². The van der Waals surface area contributed by atoms with Gasteiger partial charge in [0.05, 0.1) is 11.3 Å². The van der Waals surface area contributed by atoms with E-state index in [1.807, 2.05) is 4.90 Å². The molecule has 25 heavy (non-hydrogen) atoms. The summed E-state index contributed by atoms with van der Waals surface area (Å²) in [5, 5.41) is -0.298. The Morgan fingerprint density at radius 2 is 1.80 bits per heavy atom. The molecule has 2 N–H and O–H groups in total. The number of hydrazine groups is 1. The first-order chi connectivity index (χ1) is 11.9. The fourth-order valence-electron chi connectivity index (χ4n) is 4.39. The first-order valence-electron chi connectivity index (χ1n) is 9.06. The van der Waals surface area contributed by atoms with Crippen LogP contribution in [0.25, 0.3) is 0 Å². The number of rotatable bonds is 3. The summed E-state index contributed by atoms with van der Waals surface area (Å²) in [7, 11) is 0. The van der Waals surface area contributed by atoms with Crippen LogP contribution in [0.2, 0.25) is 0 Å². The van der Waals surface area contributed by atoms with Gasteiger partial charge in [-0.3, -0.25) is 15.1 Å². The number of nitrogens with zero attached hydrogens (tertiary/aromatic N) is 2. The summed E-state index contributed by atoms with van der Waals surface area (Å²) >= 11 is 6.27. The van der Waals surface area contributed by atoms with Gasteiger partial charge in [-0.1, -0.05) is 12.8 Å². The van der Waals surface area contributed by atoms with Crippen LogP contribution in [0.5, 0.6) is 0 Å². The van der Waals surface area contributed by atoms with E-state index in [0.717, 1.165) is 6.42 Å². The van der Waals surface area contributed by atoms with Gasteiger partial charge >= 0.3 is 6.18 Å². The molecule has 4 unspecified atom stereocenters. The normalized spacial score (nSPS) is 36.2. The molecule has 5 nitrogen and oxygen atoms in total. The monoisotopic (exact) mass is 382 g/mol. The van der Waals surface area contributed by atoms with Gasteiger partial charge in [0, 0.05) is 39.3 Å². The Balaban J connectivity index is 1.53. The van der Waals surface area contributed by atoms with Crippen molar-refractivity contribution < 1.29 is 18.0 Å². The van der Waals surface area contributed by atoms with E-state index >= 15 is 0 Å². The van der Waals surface area contributed by atoms with Crippen molar-refractivity contribution in [1.29, 1.82) is 0 Å². The molecular weight excluding hydrogens is 357 g/mol. The van der Waals surface area contributed by atoms with E-state index in [2.05, 4.69) is 15.8 Å². The maximum atomic E-state index is 13.2. The number of carbonyl (C=O) groups excluding carboxylic acids is 1. The molecule has 1 aliphatic carbocycles. The summed E-state index contributed by atoms with van der Waals surface area (Å²) in [4.78, 5) is 16.2. The maximum Gasteiger partial charge on any atom is 0.392 e. The van der Waals surface area contributed by atoms with Gasteiger partial charge in [-0.05, 0) is 18.8 Å². The molecule has 0 aromatic carbocycles. The van der Waals surface area contributed by atoms with E-state index in [9.17, 15) is 18.0 Å². The Hall–Kier alpha value is -0.570. The summed E-state index contributed by atoms with van der Waals surface area (Å²) in [6, 6.07) is -0.373. The standard InChI is InChI=1S/C16H26ClF3N4O/c17-13-9-21-22-15(25)14(13)24-7-5-23(6-8-24)10-11-3-1-2-4-12(11)16(18,19)20/h11-14,21H,1-10H2,(H,22,25). The second-order valence-electron chi connectivity index (χ2n) is 7.36. The van der Waals surface area contributed by atoms with Crippen LogP contribution in [0.15, 0.2) is 0 Å². The van der Waals surface area contributed by atoms with Gasteiger partial charge in [-0.2, -0.15) is 13.2 Å². The largest absolute Gasteiger partial charge is 0.392 e. The van der Waals surface area contributed by atoms with Gasteiger partial charge in [-0.25, -0.2) is 5.43 Å². The highest BCUT2D eigenvalue weighted by molar-refractivity contribution is 6.23. The van der Waals surface area contributed by atoms with E-state index in [4.69, 9.17) is 11.6 Å². The van der Waals surface area contributed by atoms with E-state index in [1.165, 1.54) is 0 Å². The van der Waals surface area contributed by atoms with Crippen LogP contribution in [0.3, 0.4) is 0 Å². The van der Waals surface area contributed by atoms with Gasteiger partial charge < -0.3 is 4.90 Å². The smallest absolute Gasteiger partial charge is 0.301 e. The third-order valence-corrected chi connectivity index (χ3v) is 6.14. The Bertz CT molecular complexity index is 471. The lowest BCUT2D eigenvalue weighted by molar-refractivity contribution is -0.198. The van der Waals surface area contributed by atoms with Crippen LogP contribution in [-0.4, -0.2) is 72.6 Å². The number of halogens is 4. The summed E-state index contributed by atoms with van der Waals surface area (Å²) in [5.74, 6) is -1.60. The van der Waals surface area contributed by atoms with Crippen molar-refractivity contribution in [3.63, 3.8) is 0 Å². The molecule has 4 atom stereocenters. The molecule has 2 heterocycles. The van der Waals surface area contributed by atoms with Crippen LogP contribution < -0.4 is 10.9 Å². The van der Waals surface area contributed by atoms with E-state index in [-0.39, 0.29) is 29.7 Å². The van der Waals surface area contributed by atoms with Gasteiger partial charge in [0.2, 0.25) is 0 Å². The van der Waals surface area contributed by atoms with Crippen molar-refractivity contribution in [3.8, 4) is 0 Å². The number of nitrogens with one attached hydrogen (secondary N) is 2. The average Bonchev–Trinajstić information content (AvgIpc) is 2.56. The van der Waals surface area contributed by atoms with E-state index in [0.29, 0.717) is 52.1 Å². The van der Waals surface area contributed by atoms with Crippen molar-refractivity contribution >= 4 is 17.5 Å². The van der Waals surface area contributed by atoms with E-state index in [1.54, 1.807) is 0 Å². The number of piperazine rings is 1. The number of carbonyl (C=O) groups is 1. The SMILES string of the molecule is O=C1NNCC(Cl)C1N1CCN(CC2CCCCC2C(F)(F)F)CC1. The second kappa shape index (κ2) is 7.98. The lowest BCUT2D eigenvalue weighted by Gasteiger charge is -2.43. The average molecular weight is 383 g/mol. The second-order valence-corrected chi connectivity index (χ2v) is 7.92. The van der Waals surface area contributed by atoms with Crippen LogP contribution in [0.1, 0.15) is 25.7 Å². The number of hydrogen-bond acceptors (Lipinski definition) is 4. The highest BCUT2D eigenvalue weighted by atomic mass is 35.5. The molecule has 0 bridgehead atoms. The number of hydrogen-bond donors (Lipinski definition) is 2. The zero-order chi connectivity index (χ0) is 18.0. The topological polar surface area (TPSA) is 47.6 Å². The molecule has 0 spiro atoms. The van der Waals surface area contributed by atoms with Gasteiger partial charge in [0.1, 0.15) is 6.04 Å². The summed E-state index contributed by atoms with van der Waals surface area (Å²) in [6.07, 6.45) is -1.61. The molecule has 3 fully saturated rings. The highest BCUT2D eigenvalue weighted by Gasteiger charge is 2.46. The highest BCUT2D eigenvalue weighted by Crippen LogP contribution is 2.41. The molecule has 3 aliphatic rings. The van der Waals surface area contributed by atoms with Crippen molar-refractivity contribution in [2.75, 3.05) is 39.3 Å². The van der Waals surface area contributed by atoms with Crippen LogP contribution in [0, 0.1) is 11.8 Å². The molecule has 1 amide bonds. The minimum atomic E-state index is -4.09. The minimum absolute atomic E-state index is 0.135. The molecule has 2 saturated heterocycles. The first kappa shape index (κ1) is 19.2. The third-order valence-electron chi connectivity index (χ3n) is 5.74. The fourth-order valence-corrected chi connectivity index (χ4v) is 4.74. The maximum absolute atomic E-state index is 13.2. The zero-order valence-corrected chi connectivity index (χ0v) is 15.0. The third kappa shape index (κ3) is 4.59. The fraction of sp³-hybridized carbons (Fsp3) is 0.938. The Morgan fingerprint density at radius 3 is 2.44 bits per heavy atom. The van der Waals surface area contributed by atoms with Crippen LogP contribution in [0.4, 0.5) is 13.2 Å². The summed E-state index contributed by atoms with van der Waals surface area (Å²) < 4.78 is 39.7. The van der Waals surface area contributed by atoms with Gasteiger partial charge in [0.25, 0.3) is 5.91 Å². The molecule has 0 aromatic heterocycles. The molecule has 0 radical (unpaired) electrons. The van der Waals surface area contributed by atoms with Crippen molar-refractivity contribution in [3.05, 3.63) is 0 Å². The number of amides is 1. The lowest BCUT2D eigenvalue weighted by Crippen LogP contribution is -2.65. The minimum Gasteiger partial charge on any atom is -0.301 e. The summed E-state index contributed by atoms with van der Waals surface area (Å²) in [5.41, 5.74) is 5.37. The van der Waals surface area contributed by atoms with Crippen molar-refractivity contribution in [1.82, 2.24) is 20.7 Å².